The van der Waals surface area contributed by atoms with Gasteiger partial charge in [0.2, 0.25) is 0 Å². The van der Waals surface area contributed by atoms with Gasteiger partial charge in [-0.1, -0.05) is 50.6 Å². The zero-order chi connectivity index (χ0) is 18.5. The molecular weight excluding hydrogens is 328 g/mol. The van der Waals surface area contributed by atoms with Gasteiger partial charge in [0.25, 0.3) is 0 Å². The third-order valence-electron chi connectivity index (χ3n) is 9.73. The molecule has 0 amide bonds. The van der Waals surface area contributed by atoms with Gasteiger partial charge in [0.05, 0.1) is 12.7 Å². The molecule has 1 aromatic rings. The van der Waals surface area contributed by atoms with Crippen molar-refractivity contribution in [3.8, 4) is 0 Å². The molecule has 0 unspecified atom stereocenters. The van der Waals surface area contributed by atoms with Crippen LogP contribution in [0.2, 0.25) is 0 Å². The predicted molar refractivity (Wildman–Crippen MR) is 111 cm³/mol. The van der Waals surface area contributed by atoms with Crippen molar-refractivity contribution in [2.24, 2.45) is 34.5 Å². The maximum Gasteiger partial charge on any atom is 0.0720 e. The molecule has 4 fully saturated rings. The van der Waals surface area contributed by atoms with Gasteiger partial charge in [0.1, 0.15) is 0 Å². The second-order valence-corrected chi connectivity index (χ2v) is 10.9. The maximum atomic E-state index is 6.38. The van der Waals surface area contributed by atoms with Crippen LogP contribution in [0.25, 0.3) is 0 Å². The molecule has 0 bridgehead atoms. The lowest BCUT2D eigenvalue weighted by atomic mass is 9.45. The molecule has 0 spiro atoms. The molecule has 0 heterocycles. The normalized spacial score (nSPS) is 46.4. The highest BCUT2D eigenvalue weighted by Crippen LogP contribution is 2.66. The zero-order valence-corrected chi connectivity index (χ0v) is 17.5. The van der Waals surface area contributed by atoms with Crippen LogP contribution in [0, 0.1) is 34.5 Å². The predicted octanol–water partition coefficient (Wildman–Crippen LogP) is 7.00. The van der Waals surface area contributed by atoms with Gasteiger partial charge in [0.15, 0.2) is 0 Å². The van der Waals surface area contributed by atoms with Crippen LogP contribution in [-0.4, -0.2) is 6.10 Å². The van der Waals surface area contributed by atoms with Crippen LogP contribution >= 0.6 is 0 Å². The largest absolute Gasteiger partial charge is 0.374 e. The van der Waals surface area contributed by atoms with Crippen LogP contribution in [0.3, 0.4) is 0 Å². The summed E-state index contributed by atoms with van der Waals surface area (Å²) in [5.41, 5.74) is 2.61. The summed E-state index contributed by atoms with van der Waals surface area (Å²) in [5, 5.41) is 0. The van der Waals surface area contributed by atoms with Crippen LogP contribution < -0.4 is 0 Å². The fraction of sp³-hybridized carbons (Fsp3) is 0.769. The summed E-state index contributed by atoms with van der Waals surface area (Å²) in [6, 6.07) is 10.7. The van der Waals surface area contributed by atoms with E-state index >= 15 is 0 Å². The Morgan fingerprint density at radius 1 is 0.889 bits per heavy atom. The number of ether oxygens (including phenoxy) is 1. The van der Waals surface area contributed by atoms with Crippen LogP contribution in [-0.2, 0) is 11.3 Å². The van der Waals surface area contributed by atoms with Gasteiger partial charge in [-0.25, -0.2) is 0 Å². The summed E-state index contributed by atoms with van der Waals surface area (Å²) in [6.07, 6.45) is 15.0. The number of hydrogen-bond acceptors (Lipinski definition) is 1. The Kier molecular flexibility index (Phi) is 4.66. The Bertz CT molecular complexity index is 653. The minimum absolute atomic E-state index is 0.486. The Balaban J connectivity index is 1.25. The van der Waals surface area contributed by atoms with E-state index in [0.29, 0.717) is 16.9 Å². The van der Waals surface area contributed by atoms with Crippen molar-refractivity contribution in [3.05, 3.63) is 35.9 Å². The first-order valence-electron chi connectivity index (χ1n) is 11.7. The van der Waals surface area contributed by atoms with Gasteiger partial charge < -0.3 is 4.74 Å². The van der Waals surface area contributed by atoms with E-state index in [4.69, 9.17) is 4.74 Å². The van der Waals surface area contributed by atoms with Crippen molar-refractivity contribution in [2.75, 3.05) is 0 Å². The highest BCUT2D eigenvalue weighted by molar-refractivity contribution is 5.13. The summed E-state index contributed by atoms with van der Waals surface area (Å²) < 4.78 is 6.38. The molecule has 7 atom stereocenters. The van der Waals surface area contributed by atoms with Crippen molar-refractivity contribution in [2.45, 2.75) is 90.8 Å². The van der Waals surface area contributed by atoms with Crippen molar-refractivity contribution in [1.29, 1.82) is 0 Å². The molecule has 5 rings (SSSR count). The minimum atomic E-state index is 0.486. The molecule has 1 nitrogen and oxygen atoms in total. The van der Waals surface area contributed by atoms with E-state index in [1.165, 1.54) is 69.8 Å². The third kappa shape index (κ3) is 3.09. The summed E-state index contributed by atoms with van der Waals surface area (Å²) in [4.78, 5) is 0. The topological polar surface area (TPSA) is 9.23 Å². The lowest BCUT2D eigenvalue weighted by molar-refractivity contribution is -0.131. The van der Waals surface area contributed by atoms with E-state index in [-0.39, 0.29) is 0 Å². The van der Waals surface area contributed by atoms with Crippen molar-refractivity contribution < 1.29 is 4.74 Å². The first kappa shape index (κ1) is 18.2. The Morgan fingerprint density at radius 2 is 1.74 bits per heavy atom. The molecule has 0 aromatic heterocycles. The highest BCUT2D eigenvalue weighted by Gasteiger charge is 2.57. The Hall–Kier alpha value is -0.820. The molecule has 0 radical (unpaired) electrons. The highest BCUT2D eigenvalue weighted by atomic mass is 16.5. The molecule has 0 saturated heterocycles. The zero-order valence-electron chi connectivity index (χ0n) is 17.5. The summed E-state index contributed by atoms with van der Waals surface area (Å²) >= 11 is 0. The van der Waals surface area contributed by atoms with E-state index in [1.54, 1.807) is 0 Å². The van der Waals surface area contributed by atoms with Crippen LogP contribution in [0.15, 0.2) is 30.3 Å². The molecule has 1 heteroatoms. The first-order valence-corrected chi connectivity index (χ1v) is 11.7. The number of fused-ring (bicyclic) bond motifs is 5. The van der Waals surface area contributed by atoms with Gasteiger partial charge in [-0.2, -0.15) is 0 Å². The average molecular weight is 367 g/mol. The third-order valence-corrected chi connectivity index (χ3v) is 9.73. The van der Waals surface area contributed by atoms with E-state index < -0.39 is 0 Å². The van der Waals surface area contributed by atoms with Crippen molar-refractivity contribution in [3.63, 3.8) is 0 Å². The molecule has 1 aromatic carbocycles. The second-order valence-electron chi connectivity index (χ2n) is 10.9. The fourth-order valence-electron chi connectivity index (χ4n) is 8.15. The molecular formula is C26H38O. The molecule has 4 aliphatic carbocycles. The number of benzene rings is 1. The van der Waals surface area contributed by atoms with Crippen LogP contribution in [0.1, 0.15) is 83.6 Å². The van der Waals surface area contributed by atoms with Gasteiger partial charge in [0, 0.05) is 0 Å². The SMILES string of the molecule is C[C@]12CCC[C@@H]1[C@@H]1CC[C@H]3C[C@H](OCc4ccccc4)CC[C@@]3(C)[C@@H]1CC2. The molecule has 148 valence electrons. The van der Waals surface area contributed by atoms with E-state index in [1.807, 2.05) is 0 Å². The smallest absolute Gasteiger partial charge is 0.0720 e. The minimum Gasteiger partial charge on any atom is -0.374 e. The second kappa shape index (κ2) is 6.90. The number of hydrogen-bond donors (Lipinski definition) is 0. The lowest BCUT2D eigenvalue weighted by Gasteiger charge is -2.60. The lowest BCUT2D eigenvalue weighted by Crippen LogP contribution is -2.53. The maximum absolute atomic E-state index is 6.38. The molecule has 27 heavy (non-hydrogen) atoms. The van der Waals surface area contributed by atoms with E-state index in [2.05, 4.69) is 44.2 Å². The molecule has 4 saturated carbocycles. The van der Waals surface area contributed by atoms with Crippen LogP contribution in [0.4, 0.5) is 0 Å². The Labute approximate surface area is 166 Å². The Morgan fingerprint density at radius 3 is 2.59 bits per heavy atom. The molecule has 0 aliphatic heterocycles. The summed E-state index contributed by atoms with van der Waals surface area (Å²) in [7, 11) is 0. The van der Waals surface area contributed by atoms with E-state index in [0.717, 1.165) is 30.3 Å². The van der Waals surface area contributed by atoms with Crippen molar-refractivity contribution in [1.82, 2.24) is 0 Å². The van der Waals surface area contributed by atoms with Crippen LogP contribution in [0.5, 0.6) is 0 Å². The van der Waals surface area contributed by atoms with Gasteiger partial charge in [-0.15, -0.1) is 0 Å². The molecule has 4 aliphatic rings. The summed E-state index contributed by atoms with van der Waals surface area (Å²) in [6.45, 7) is 6.10. The number of rotatable bonds is 3. The average Bonchev–Trinajstić information content (AvgIpc) is 3.09. The fourth-order valence-corrected chi connectivity index (χ4v) is 8.15. The van der Waals surface area contributed by atoms with Gasteiger partial charge in [-0.05, 0) is 97.9 Å². The quantitative estimate of drug-likeness (QED) is 0.559. The van der Waals surface area contributed by atoms with E-state index in [9.17, 15) is 0 Å². The van der Waals surface area contributed by atoms with Gasteiger partial charge >= 0.3 is 0 Å². The standard InChI is InChI=1S/C26H38O/c1-25-14-6-9-23(25)22-11-10-20-17-21(27-18-19-7-4-3-5-8-19)12-16-26(20,2)24(22)13-15-25/h3-5,7-8,20-24H,6,9-18H2,1-2H3/t20-,21+,22-,23+,24+,25+,26+/m0/s1. The van der Waals surface area contributed by atoms with Crippen molar-refractivity contribution >= 4 is 0 Å². The summed E-state index contributed by atoms with van der Waals surface area (Å²) in [5.74, 6) is 3.98. The molecule has 0 N–H and O–H groups in total. The monoisotopic (exact) mass is 366 g/mol. The first-order chi connectivity index (χ1) is 13.1. The van der Waals surface area contributed by atoms with Gasteiger partial charge in [-0.3, -0.25) is 0 Å².